The molecule has 1 saturated carbocycles. The lowest BCUT2D eigenvalue weighted by atomic mass is 9.81. The number of nitrogens with zero attached hydrogens (tertiary/aromatic N) is 4. The summed E-state index contributed by atoms with van der Waals surface area (Å²) in [5, 5.41) is 9.63. The van der Waals surface area contributed by atoms with Crippen LogP contribution in [0.5, 0.6) is 0 Å². The van der Waals surface area contributed by atoms with E-state index in [9.17, 15) is 19.1 Å². The first-order valence-corrected chi connectivity index (χ1v) is 12.4. The quantitative estimate of drug-likeness (QED) is 0.672. The van der Waals surface area contributed by atoms with E-state index in [4.69, 9.17) is 6.57 Å². The zero-order chi connectivity index (χ0) is 24.1. The minimum atomic E-state index is -1.38. The molecule has 8 heteroatoms. The third kappa shape index (κ3) is 3.61. The predicted octanol–water partition coefficient (Wildman–Crippen LogP) is 5.20. The minimum absolute atomic E-state index is 0.235. The summed E-state index contributed by atoms with van der Waals surface area (Å²) < 4.78 is 15.7. The van der Waals surface area contributed by atoms with E-state index in [1.807, 2.05) is 0 Å². The molecule has 3 fully saturated rings. The van der Waals surface area contributed by atoms with Crippen LogP contribution in [0.4, 0.5) is 4.39 Å². The molecule has 2 aromatic rings. The van der Waals surface area contributed by atoms with Gasteiger partial charge in [-0.15, -0.1) is 0 Å². The average molecular weight is 468 g/mol. The molecule has 180 valence electrons. The molecule has 1 N–H and O–H groups in total. The number of aromatic carboxylic acids is 1. The third-order valence-corrected chi connectivity index (χ3v) is 8.43. The number of halogens is 1. The van der Waals surface area contributed by atoms with Gasteiger partial charge in [0.1, 0.15) is 5.82 Å². The summed E-state index contributed by atoms with van der Waals surface area (Å²) in [5.41, 5.74) is -1.50. The Labute approximate surface area is 198 Å². The largest absolute Gasteiger partial charge is 0.476 e. The summed E-state index contributed by atoms with van der Waals surface area (Å²) in [4.78, 5) is 36.2. The van der Waals surface area contributed by atoms with Gasteiger partial charge in [0, 0.05) is 24.0 Å². The number of piperidine rings is 1. The second-order valence-electron chi connectivity index (χ2n) is 10.6. The van der Waals surface area contributed by atoms with Gasteiger partial charge >= 0.3 is 11.6 Å². The molecule has 3 heterocycles. The van der Waals surface area contributed by atoms with Crippen molar-refractivity contribution in [2.75, 3.05) is 0 Å². The Hall–Kier alpha value is -2.79. The summed E-state index contributed by atoms with van der Waals surface area (Å²) in [6.45, 7) is 8.34. The highest BCUT2D eigenvalue weighted by Crippen LogP contribution is 2.56. The fourth-order valence-electron chi connectivity index (χ4n) is 7.08. The van der Waals surface area contributed by atoms with Crippen molar-refractivity contribution in [3.05, 3.63) is 44.9 Å². The van der Waals surface area contributed by atoms with Crippen LogP contribution in [0.25, 0.3) is 15.9 Å². The molecule has 1 aliphatic carbocycles. The van der Waals surface area contributed by atoms with Gasteiger partial charge in [-0.05, 0) is 50.8 Å². The van der Waals surface area contributed by atoms with E-state index in [0.29, 0.717) is 24.4 Å². The van der Waals surface area contributed by atoms with Crippen LogP contribution in [-0.4, -0.2) is 42.8 Å². The monoisotopic (exact) mass is 467 g/mol. The standard InChI is InChI=1S/C26H31FN4O3/c1-25-12-13-26(28-2,31(25)18-8-6-4-3-5-7-9-18)16-19(15-25)30-21-14-17(27)10-11-20(21)29-22(23(30)32)24(33)34/h2,10-11,14,18-19H,3-9,12-13,15-16H2,1H3/p+1/t19-,25?,26-/m1/s1. The normalized spacial score (nSPS) is 30.6. The topological polar surface area (TPSA) is 79.8 Å². The van der Waals surface area contributed by atoms with Gasteiger partial charge in [0.2, 0.25) is 5.69 Å². The fraction of sp³-hybridized carbons (Fsp3) is 0.615. The Morgan fingerprint density at radius 3 is 2.53 bits per heavy atom. The molecule has 0 spiro atoms. The maximum absolute atomic E-state index is 14.2. The van der Waals surface area contributed by atoms with Gasteiger partial charge in [0.15, 0.2) is 0 Å². The van der Waals surface area contributed by atoms with Crippen molar-refractivity contribution in [2.24, 2.45) is 0 Å². The Kier molecular flexibility index (Phi) is 5.71. The lowest BCUT2D eigenvalue weighted by Crippen LogP contribution is -2.61. The fourth-order valence-corrected chi connectivity index (χ4v) is 7.08. The lowest BCUT2D eigenvalue weighted by molar-refractivity contribution is -0.0407. The van der Waals surface area contributed by atoms with Gasteiger partial charge in [-0.25, -0.2) is 19.1 Å². The van der Waals surface area contributed by atoms with Crippen LogP contribution in [0.1, 0.15) is 94.1 Å². The Morgan fingerprint density at radius 1 is 1.15 bits per heavy atom. The first-order chi connectivity index (χ1) is 16.3. The van der Waals surface area contributed by atoms with Crippen LogP contribution in [0.15, 0.2) is 23.0 Å². The van der Waals surface area contributed by atoms with E-state index >= 15 is 0 Å². The summed E-state index contributed by atoms with van der Waals surface area (Å²) in [6, 6.07) is 3.96. The van der Waals surface area contributed by atoms with Gasteiger partial charge in [0.25, 0.3) is 12.1 Å². The molecule has 1 unspecified atom stereocenters. The maximum Gasteiger partial charge on any atom is 0.360 e. The SMILES string of the molecule is C#[N+][C@@]12CCC(C)(C[C@@H](n3c(=O)c(C(=O)O)nc4ccc(F)cc43)C1)N2C1CCCCCCC1. The van der Waals surface area contributed by atoms with E-state index in [-0.39, 0.29) is 17.1 Å². The number of carboxylic acids is 1. The highest BCUT2D eigenvalue weighted by molar-refractivity contribution is 5.88. The summed E-state index contributed by atoms with van der Waals surface area (Å²) in [7, 11) is 0. The summed E-state index contributed by atoms with van der Waals surface area (Å²) in [5.74, 6) is -1.88. The highest BCUT2D eigenvalue weighted by Gasteiger charge is 2.66. The predicted molar refractivity (Wildman–Crippen MR) is 128 cm³/mol. The third-order valence-electron chi connectivity index (χ3n) is 8.43. The molecule has 3 aliphatic rings. The van der Waals surface area contributed by atoms with Crippen LogP contribution in [0.2, 0.25) is 0 Å². The number of carboxylic acid groups (broad SMARTS) is 1. The molecule has 1 aromatic carbocycles. The number of carbonyl (C=O) groups is 1. The molecular formula is C26H32FN4O3+. The number of rotatable bonds is 3. The van der Waals surface area contributed by atoms with E-state index < -0.39 is 28.7 Å². The first kappa shape index (κ1) is 23.0. The van der Waals surface area contributed by atoms with Crippen LogP contribution in [0.3, 0.4) is 0 Å². The van der Waals surface area contributed by atoms with E-state index in [2.05, 4.69) is 21.7 Å². The van der Waals surface area contributed by atoms with Crippen LogP contribution in [0, 0.1) is 12.4 Å². The lowest BCUT2D eigenvalue weighted by Gasteiger charge is -2.49. The molecule has 34 heavy (non-hydrogen) atoms. The minimum Gasteiger partial charge on any atom is -0.476 e. The molecular weight excluding hydrogens is 435 g/mol. The molecule has 0 radical (unpaired) electrons. The highest BCUT2D eigenvalue weighted by atomic mass is 19.1. The summed E-state index contributed by atoms with van der Waals surface area (Å²) >= 11 is 0. The molecule has 2 aliphatic heterocycles. The van der Waals surface area contributed by atoms with Gasteiger partial charge < -0.3 is 9.67 Å². The van der Waals surface area contributed by atoms with E-state index in [1.165, 1.54) is 54.9 Å². The second kappa shape index (κ2) is 8.46. The van der Waals surface area contributed by atoms with Crippen molar-refractivity contribution < 1.29 is 14.3 Å². The maximum atomic E-state index is 14.2. The van der Waals surface area contributed by atoms with Crippen LogP contribution >= 0.6 is 0 Å². The number of fused-ring (bicyclic) bond motifs is 3. The summed E-state index contributed by atoms with van der Waals surface area (Å²) in [6.07, 6.45) is 11.2. The van der Waals surface area contributed by atoms with Gasteiger partial charge in [-0.1, -0.05) is 36.9 Å². The van der Waals surface area contributed by atoms with Crippen molar-refractivity contribution in [1.82, 2.24) is 14.5 Å². The molecule has 7 nitrogen and oxygen atoms in total. The number of aromatic nitrogens is 2. The van der Waals surface area contributed by atoms with Crippen molar-refractivity contribution >= 4 is 17.0 Å². The smallest absolute Gasteiger partial charge is 0.360 e. The second-order valence-corrected chi connectivity index (χ2v) is 10.6. The average Bonchev–Trinajstić information content (AvgIpc) is 2.95. The molecule has 3 atom stereocenters. The van der Waals surface area contributed by atoms with Crippen molar-refractivity contribution in [2.45, 2.75) is 101 Å². The van der Waals surface area contributed by atoms with Crippen molar-refractivity contribution in [3.8, 4) is 6.57 Å². The van der Waals surface area contributed by atoms with E-state index in [0.717, 1.165) is 25.7 Å². The first-order valence-electron chi connectivity index (χ1n) is 12.4. The van der Waals surface area contributed by atoms with Gasteiger partial charge in [0.05, 0.1) is 17.5 Å². The number of benzene rings is 1. The molecule has 2 bridgehead atoms. The zero-order valence-electron chi connectivity index (χ0n) is 19.7. The Morgan fingerprint density at radius 2 is 1.85 bits per heavy atom. The molecule has 1 aromatic heterocycles. The zero-order valence-corrected chi connectivity index (χ0v) is 19.7. The van der Waals surface area contributed by atoms with Gasteiger partial charge in [-0.2, -0.15) is 0 Å². The molecule has 5 rings (SSSR count). The Balaban J connectivity index is 1.62. The molecule has 0 amide bonds. The van der Waals surface area contributed by atoms with Crippen molar-refractivity contribution in [3.63, 3.8) is 0 Å². The van der Waals surface area contributed by atoms with Crippen LogP contribution in [-0.2, 0) is 0 Å². The van der Waals surface area contributed by atoms with Gasteiger partial charge in [-0.3, -0.25) is 4.79 Å². The molecule has 2 saturated heterocycles. The van der Waals surface area contributed by atoms with Crippen LogP contribution < -0.4 is 5.56 Å². The Bertz CT molecular complexity index is 1230. The number of hydrogen-bond acceptors (Lipinski definition) is 4. The number of hydrogen-bond donors (Lipinski definition) is 1. The van der Waals surface area contributed by atoms with Crippen molar-refractivity contribution in [1.29, 1.82) is 0 Å². The van der Waals surface area contributed by atoms with E-state index in [1.54, 1.807) is 0 Å².